The van der Waals surface area contributed by atoms with Crippen molar-refractivity contribution in [3.63, 3.8) is 0 Å². The average molecular weight is 240 g/mol. The van der Waals surface area contributed by atoms with Crippen molar-refractivity contribution >= 4 is 16.7 Å². The molecule has 4 heteroatoms. The lowest BCUT2D eigenvalue weighted by atomic mass is 10.1. The molecule has 0 fully saturated rings. The molecule has 1 aromatic carbocycles. The van der Waals surface area contributed by atoms with Crippen molar-refractivity contribution < 1.29 is 9.21 Å². The van der Waals surface area contributed by atoms with Crippen LogP contribution in [0.25, 0.3) is 10.9 Å². The third-order valence-electron chi connectivity index (χ3n) is 2.97. The lowest BCUT2D eigenvalue weighted by molar-refractivity contribution is 0.0989. The van der Waals surface area contributed by atoms with Crippen LogP contribution in [0.15, 0.2) is 47.3 Å². The fraction of sp³-hybridized carbons (Fsp3) is 0.143. The third kappa shape index (κ3) is 1.72. The number of hydrogen-bond donors (Lipinski definition) is 0. The van der Waals surface area contributed by atoms with E-state index < -0.39 is 0 Å². The molecule has 0 aliphatic rings. The Kier molecular flexibility index (Phi) is 2.48. The summed E-state index contributed by atoms with van der Waals surface area (Å²) in [6.45, 7) is 0. The number of aryl methyl sites for hydroxylation is 1. The van der Waals surface area contributed by atoms with Crippen molar-refractivity contribution in [2.75, 3.05) is 0 Å². The van der Waals surface area contributed by atoms with E-state index >= 15 is 0 Å². The normalized spacial score (nSPS) is 10.9. The quantitative estimate of drug-likeness (QED) is 0.661. The number of carbonyl (C=O) groups is 1. The van der Waals surface area contributed by atoms with Gasteiger partial charge in [-0.15, -0.1) is 0 Å². The Morgan fingerprint density at radius 3 is 2.94 bits per heavy atom. The molecular weight excluding hydrogens is 228 g/mol. The summed E-state index contributed by atoms with van der Waals surface area (Å²) in [7, 11) is 1.84. The Hall–Kier alpha value is -2.36. The molecule has 0 bridgehead atoms. The highest BCUT2D eigenvalue weighted by Gasteiger charge is 2.16. The number of benzene rings is 1. The van der Waals surface area contributed by atoms with Gasteiger partial charge < -0.3 is 4.42 Å². The molecule has 2 heterocycles. The molecule has 0 atom stereocenters. The van der Waals surface area contributed by atoms with Crippen molar-refractivity contribution in [3.05, 3.63) is 54.1 Å². The van der Waals surface area contributed by atoms with Crippen LogP contribution in [0.3, 0.4) is 0 Å². The zero-order valence-corrected chi connectivity index (χ0v) is 9.96. The van der Waals surface area contributed by atoms with Crippen molar-refractivity contribution in [2.45, 2.75) is 6.42 Å². The SMILES string of the molecule is Cn1nc(C(=O)Cc2ccoc2)c2ccccc21. The van der Waals surface area contributed by atoms with E-state index in [2.05, 4.69) is 5.10 Å². The number of hydrogen-bond acceptors (Lipinski definition) is 3. The van der Waals surface area contributed by atoms with Crippen LogP contribution in [0.2, 0.25) is 0 Å². The lowest BCUT2D eigenvalue weighted by Crippen LogP contribution is -2.05. The van der Waals surface area contributed by atoms with Gasteiger partial charge in [0.1, 0.15) is 5.69 Å². The molecule has 3 rings (SSSR count). The highest BCUT2D eigenvalue weighted by Crippen LogP contribution is 2.19. The van der Waals surface area contributed by atoms with Crippen LogP contribution in [0.1, 0.15) is 16.1 Å². The molecule has 0 amide bonds. The molecule has 0 spiro atoms. The molecule has 0 aliphatic carbocycles. The second-order valence-electron chi connectivity index (χ2n) is 4.22. The van der Waals surface area contributed by atoms with E-state index in [1.165, 1.54) is 0 Å². The number of aromatic nitrogens is 2. The fourth-order valence-electron chi connectivity index (χ4n) is 2.08. The Balaban J connectivity index is 2.01. The first-order valence-electron chi connectivity index (χ1n) is 5.72. The smallest absolute Gasteiger partial charge is 0.188 e. The summed E-state index contributed by atoms with van der Waals surface area (Å²) in [5, 5.41) is 5.20. The zero-order valence-electron chi connectivity index (χ0n) is 9.96. The Morgan fingerprint density at radius 1 is 1.33 bits per heavy atom. The van der Waals surface area contributed by atoms with Gasteiger partial charge in [0.25, 0.3) is 0 Å². The topological polar surface area (TPSA) is 48.0 Å². The maximum absolute atomic E-state index is 12.2. The van der Waals surface area contributed by atoms with Crippen LogP contribution in [-0.4, -0.2) is 15.6 Å². The van der Waals surface area contributed by atoms with Gasteiger partial charge in [-0.25, -0.2) is 0 Å². The molecule has 0 unspecified atom stereocenters. The Morgan fingerprint density at radius 2 is 2.17 bits per heavy atom. The molecule has 4 nitrogen and oxygen atoms in total. The van der Waals surface area contributed by atoms with E-state index in [0.717, 1.165) is 16.5 Å². The van der Waals surface area contributed by atoms with E-state index in [1.807, 2.05) is 31.3 Å². The summed E-state index contributed by atoms with van der Waals surface area (Å²) in [4.78, 5) is 12.2. The first-order valence-corrected chi connectivity index (χ1v) is 5.72. The van der Waals surface area contributed by atoms with Crippen molar-refractivity contribution in [2.24, 2.45) is 7.05 Å². The first-order chi connectivity index (χ1) is 8.75. The second kappa shape index (κ2) is 4.14. The number of para-hydroxylation sites is 1. The number of fused-ring (bicyclic) bond motifs is 1. The number of furan rings is 1. The molecule has 0 aliphatic heterocycles. The van der Waals surface area contributed by atoms with E-state index in [1.54, 1.807) is 23.3 Å². The molecular formula is C14H12N2O2. The monoisotopic (exact) mass is 240 g/mol. The summed E-state index contributed by atoms with van der Waals surface area (Å²) < 4.78 is 6.70. The van der Waals surface area contributed by atoms with Gasteiger partial charge in [-0.1, -0.05) is 18.2 Å². The van der Waals surface area contributed by atoms with Gasteiger partial charge in [-0.05, 0) is 17.7 Å². The van der Waals surface area contributed by atoms with Gasteiger partial charge in [-0.2, -0.15) is 5.10 Å². The van der Waals surface area contributed by atoms with Gasteiger partial charge in [-0.3, -0.25) is 9.48 Å². The minimum absolute atomic E-state index is 0.00759. The highest BCUT2D eigenvalue weighted by atomic mass is 16.3. The van der Waals surface area contributed by atoms with Crippen LogP contribution < -0.4 is 0 Å². The number of Topliss-reactive ketones (excluding diaryl/α,β-unsaturated/α-hetero) is 1. The maximum Gasteiger partial charge on any atom is 0.188 e. The molecule has 0 saturated heterocycles. The van der Waals surface area contributed by atoms with Crippen LogP contribution in [0.5, 0.6) is 0 Å². The van der Waals surface area contributed by atoms with E-state index in [-0.39, 0.29) is 5.78 Å². The van der Waals surface area contributed by atoms with E-state index in [4.69, 9.17) is 4.42 Å². The molecule has 0 saturated carbocycles. The lowest BCUT2D eigenvalue weighted by Gasteiger charge is -1.95. The van der Waals surface area contributed by atoms with Crippen LogP contribution in [0.4, 0.5) is 0 Å². The molecule has 2 aromatic heterocycles. The minimum atomic E-state index is 0.00759. The van der Waals surface area contributed by atoms with Crippen LogP contribution in [0, 0.1) is 0 Å². The summed E-state index contributed by atoms with van der Waals surface area (Å²) in [6.07, 6.45) is 3.47. The largest absolute Gasteiger partial charge is 0.472 e. The van der Waals surface area contributed by atoms with E-state index in [9.17, 15) is 4.79 Å². The highest BCUT2D eigenvalue weighted by molar-refractivity contribution is 6.06. The van der Waals surface area contributed by atoms with Gasteiger partial charge in [0, 0.05) is 18.9 Å². The van der Waals surface area contributed by atoms with E-state index in [0.29, 0.717) is 12.1 Å². The molecule has 0 radical (unpaired) electrons. The zero-order chi connectivity index (χ0) is 12.5. The van der Waals surface area contributed by atoms with Gasteiger partial charge >= 0.3 is 0 Å². The molecule has 18 heavy (non-hydrogen) atoms. The summed E-state index contributed by atoms with van der Waals surface area (Å²) in [5.41, 5.74) is 2.36. The van der Waals surface area contributed by atoms with Gasteiger partial charge in [0.05, 0.1) is 18.0 Å². The summed E-state index contributed by atoms with van der Waals surface area (Å²) >= 11 is 0. The Bertz CT molecular complexity index is 696. The van der Waals surface area contributed by atoms with Crippen molar-refractivity contribution in [1.82, 2.24) is 9.78 Å². The fourth-order valence-corrected chi connectivity index (χ4v) is 2.08. The molecule has 0 N–H and O–H groups in total. The molecule has 90 valence electrons. The third-order valence-corrected chi connectivity index (χ3v) is 2.97. The number of ketones is 1. The van der Waals surface area contributed by atoms with Crippen molar-refractivity contribution in [3.8, 4) is 0 Å². The maximum atomic E-state index is 12.2. The van der Waals surface area contributed by atoms with Crippen molar-refractivity contribution in [1.29, 1.82) is 0 Å². The number of carbonyl (C=O) groups excluding carboxylic acids is 1. The van der Waals surface area contributed by atoms with Crippen LogP contribution >= 0.6 is 0 Å². The minimum Gasteiger partial charge on any atom is -0.472 e. The average Bonchev–Trinajstić information content (AvgIpc) is 2.98. The number of nitrogens with zero attached hydrogens (tertiary/aromatic N) is 2. The molecule has 3 aromatic rings. The number of rotatable bonds is 3. The second-order valence-corrected chi connectivity index (χ2v) is 4.22. The van der Waals surface area contributed by atoms with Gasteiger partial charge in [0.2, 0.25) is 0 Å². The summed E-state index contributed by atoms with van der Waals surface area (Å²) in [5.74, 6) is 0.00759. The Labute approximate surface area is 104 Å². The predicted molar refractivity (Wildman–Crippen MR) is 67.5 cm³/mol. The predicted octanol–water partition coefficient (Wildman–Crippen LogP) is 2.59. The standard InChI is InChI=1S/C14H12N2O2/c1-16-12-5-3-2-4-11(12)14(15-16)13(17)8-10-6-7-18-9-10/h2-7,9H,8H2,1H3. The first kappa shape index (κ1) is 10.8. The summed E-state index contributed by atoms with van der Waals surface area (Å²) in [6, 6.07) is 9.53. The van der Waals surface area contributed by atoms with Gasteiger partial charge in [0.15, 0.2) is 5.78 Å². The van der Waals surface area contributed by atoms with Crippen LogP contribution in [-0.2, 0) is 13.5 Å².